The number of nitrogens with zero attached hydrogens (tertiary/aromatic N) is 3. The number of aromatic nitrogens is 3. The van der Waals surface area contributed by atoms with Gasteiger partial charge in [0.2, 0.25) is 5.95 Å². The van der Waals surface area contributed by atoms with Crippen molar-refractivity contribution in [2.75, 3.05) is 19.0 Å². The van der Waals surface area contributed by atoms with Gasteiger partial charge in [0.15, 0.2) is 5.65 Å². The Morgan fingerprint density at radius 1 is 1.14 bits per heavy atom. The van der Waals surface area contributed by atoms with Gasteiger partial charge in [-0.1, -0.05) is 24.3 Å². The second-order valence-electron chi connectivity index (χ2n) is 4.86. The first kappa shape index (κ1) is 13.4. The molecule has 0 fully saturated rings. The van der Waals surface area contributed by atoms with E-state index in [0.717, 1.165) is 30.1 Å². The first-order valence-corrected chi connectivity index (χ1v) is 6.96. The average Bonchev–Trinajstić information content (AvgIpc) is 2.92. The zero-order valence-electron chi connectivity index (χ0n) is 12.2. The fraction of sp³-hybridized carbons (Fsp3) is 0.250. The Labute approximate surface area is 123 Å². The van der Waals surface area contributed by atoms with E-state index in [9.17, 15) is 0 Å². The van der Waals surface area contributed by atoms with Gasteiger partial charge in [0.1, 0.15) is 5.75 Å². The number of hydrogen-bond donors (Lipinski definition) is 1. The number of aryl methyl sites for hydroxylation is 1. The molecule has 5 heteroatoms. The van der Waals surface area contributed by atoms with Crippen molar-refractivity contribution >= 4 is 11.6 Å². The number of pyridine rings is 1. The van der Waals surface area contributed by atoms with Gasteiger partial charge < -0.3 is 10.1 Å². The maximum Gasteiger partial charge on any atom is 0.243 e. The summed E-state index contributed by atoms with van der Waals surface area (Å²) in [5, 5.41) is 7.71. The summed E-state index contributed by atoms with van der Waals surface area (Å²) in [6, 6.07) is 14.0. The number of hydrogen-bond acceptors (Lipinski definition) is 4. The molecule has 0 amide bonds. The highest BCUT2D eigenvalue weighted by Crippen LogP contribution is 2.17. The van der Waals surface area contributed by atoms with Gasteiger partial charge in [-0.2, -0.15) is 4.98 Å². The highest BCUT2D eigenvalue weighted by molar-refractivity contribution is 5.44. The molecule has 3 aromatic rings. The van der Waals surface area contributed by atoms with Crippen LogP contribution in [0.5, 0.6) is 5.75 Å². The molecule has 3 rings (SSSR count). The summed E-state index contributed by atoms with van der Waals surface area (Å²) in [4.78, 5) is 4.46. The average molecular weight is 282 g/mol. The predicted molar refractivity (Wildman–Crippen MR) is 82.9 cm³/mol. The number of methoxy groups -OCH3 is 1. The molecule has 0 radical (unpaired) electrons. The zero-order valence-corrected chi connectivity index (χ0v) is 12.2. The third kappa shape index (κ3) is 2.81. The summed E-state index contributed by atoms with van der Waals surface area (Å²) in [6.45, 7) is 2.77. The molecule has 1 N–H and O–H groups in total. The van der Waals surface area contributed by atoms with E-state index in [1.54, 1.807) is 7.11 Å². The maximum absolute atomic E-state index is 5.35. The Hall–Kier alpha value is -2.56. The minimum atomic E-state index is 0.652. The van der Waals surface area contributed by atoms with Crippen molar-refractivity contribution in [2.24, 2.45) is 0 Å². The van der Waals surface area contributed by atoms with Gasteiger partial charge in [-0.25, -0.2) is 4.52 Å². The van der Waals surface area contributed by atoms with Crippen LogP contribution >= 0.6 is 0 Å². The fourth-order valence-corrected chi connectivity index (χ4v) is 2.33. The van der Waals surface area contributed by atoms with Crippen LogP contribution in [0.2, 0.25) is 0 Å². The zero-order chi connectivity index (χ0) is 14.7. The molecule has 0 unspecified atom stereocenters. The smallest absolute Gasteiger partial charge is 0.243 e. The van der Waals surface area contributed by atoms with E-state index in [1.165, 1.54) is 5.56 Å². The topological polar surface area (TPSA) is 51.5 Å². The predicted octanol–water partition coefficient (Wildman–Crippen LogP) is 2.70. The summed E-state index contributed by atoms with van der Waals surface area (Å²) < 4.78 is 7.19. The molecular weight excluding hydrogens is 264 g/mol. The fourth-order valence-electron chi connectivity index (χ4n) is 2.33. The summed E-state index contributed by atoms with van der Waals surface area (Å²) in [6.07, 6.45) is 0.860. The van der Waals surface area contributed by atoms with E-state index < -0.39 is 0 Å². The molecule has 21 heavy (non-hydrogen) atoms. The molecular formula is C16H18N4O. The summed E-state index contributed by atoms with van der Waals surface area (Å²) in [5.41, 5.74) is 3.10. The van der Waals surface area contributed by atoms with Crippen LogP contribution in [0.15, 0.2) is 42.5 Å². The van der Waals surface area contributed by atoms with E-state index in [-0.39, 0.29) is 0 Å². The van der Waals surface area contributed by atoms with Gasteiger partial charge in [0.05, 0.1) is 7.11 Å². The first-order chi connectivity index (χ1) is 10.3. The molecule has 2 heterocycles. The molecule has 0 bridgehead atoms. The minimum absolute atomic E-state index is 0.652. The van der Waals surface area contributed by atoms with E-state index in [0.29, 0.717) is 5.95 Å². The third-order valence-corrected chi connectivity index (χ3v) is 3.42. The Morgan fingerprint density at radius 2 is 2.00 bits per heavy atom. The second-order valence-corrected chi connectivity index (χ2v) is 4.86. The molecule has 5 nitrogen and oxygen atoms in total. The largest absolute Gasteiger partial charge is 0.496 e. The van der Waals surface area contributed by atoms with Gasteiger partial charge in [-0.3, -0.25) is 0 Å². The number of nitrogens with one attached hydrogen (secondary N) is 1. The monoisotopic (exact) mass is 282 g/mol. The molecule has 0 aliphatic heterocycles. The molecule has 108 valence electrons. The van der Waals surface area contributed by atoms with Crippen LogP contribution in [0.4, 0.5) is 5.95 Å². The van der Waals surface area contributed by atoms with Gasteiger partial charge in [0.25, 0.3) is 0 Å². The lowest BCUT2D eigenvalue weighted by molar-refractivity contribution is 0.410. The van der Waals surface area contributed by atoms with E-state index in [1.807, 2.05) is 47.8 Å². The highest BCUT2D eigenvalue weighted by Gasteiger charge is 2.05. The Bertz CT molecular complexity index is 751. The number of ether oxygens (including phenoxy) is 1. The van der Waals surface area contributed by atoms with Crippen molar-refractivity contribution in [3.8, 4) is 5.75 Å². The van der Waals surface area contributed by atoms with Crippen LogP contribution < -0.4 is 10.1 Å². The lowest BCUT2D eigenvalue weighted by Crippen LogP contribution is -2.07. The normalized spacial score (nSPS) is 10.8. The van der Waals surface area contributed by atoms with Crippen molar-refractivity contribution in [3.05, 3.63) is 53.7 Å². The van der Waals surface area contributed by atoms with Crippen LogP contribution in [0.3, 0.4) is 0 Å². The molecule has 0 aliphatic carbocycles. The van der Waals surface area contributed by atoms with Crippen molar-refractivity contribution in [1.29, 1.82) is 0 Å². The van der Waals surface area contributed by atoms with Crippen LogP contribution in [-0.4, -0.2) is 28.3 Å². The van der Waals surface area contributed by atoms with E-state index in [2.05, 4.69) is 21.5 Å². The van der Waals surface area contributed by atoms with E-state index in [4.69, 9.17) is 4.74 Å². The highest BCUT2D eigenvalue weighted by atomic mass is 16.5. The number of benzene rings is 1. The Morgan fingerprint density at radius 3 is 2.81 bits per heavy atom. The first-order valence-electron chi connectivity index (χ1n) is 6.96. The number of fused-ring (bicyclic) bond motifs is 1. The van der Waals surface area contributed by atoms with Crippen LogP contribution in [0.25, 0.3) is 5.65 Å². The standard InChI is InChI=1S/C16H18N4O/c1-12-6-5-9-15-18-16(19-20(12)15)17-11-10-13-7-3-4-8-14(13)21-2/h3-9H,10-11H2,1-2H3,(H,17,19). The second kappa shape index (κ2) is 5.83. The minimum Gasteiger partial charge on any atom is -0.496 e. The number of rotatable bonds is 5. The summed E-state index contributed by atoms with van der Waals surface area (Å²) >= 11 is 0. The van der Waals surface area contributed by atoms with Gasteiger partial charge in [-0.15, -0.1) is 5.10 Å². The lowest BCUT2D eigenvalue weighted by Gasteiger charge is -2.07. The number of para-hydroxylation sites is 1. The molecule has 0 spiro atoms. The van der Waals surface area contributed by atoms with Crippen LogP contribution in [-0.2, 0) is 6.42 Å². The Kier molecular flexibility index (Phi) is 3.73. The van der Waals surface area contributed by atoms with Gasteiger partial charge in [0, 0.05) is 12.2 Å². The van der Waals surface area contributed by atoms with Crippen molar-refractivity contribution < 1.29 is 4.74 Å². The molecule has 0 aliphatic rings. The van der Waals surface area contributed by atoms with Crippen molar-refractivity contribution in [3.63, 3.8) is 0 Å². The van der Waals surface area contributed by atoms with Crippen LogP contribution in [0.1, 0.15) is 11.3 Å². The van der Waals surface area contributed by atoms with Crippen molar-refractivity contribution in [2.45, 2.75) is 13.3 Å². The molecule has 0 saturated heterocycles. The van der Waals surface area contributed by atoms with Crippen molar-refractivity contribution in [1.82, 2.24) is 14.6 Å². The van der Waals surface area contributed by atoms with E-state index >= 15 is 0 Å². The Balaban J connectivity index is 1.68. The maximum atomic E-state index is 5.35. The lowest BCUT2D eigenvalue weighted by atomic mass is 10.1. The quantitative estimate of drug-likeness (QED) is 0.781. The number of anilines is 1. The molecule has 0 saturated carbocycles. The third-order valence-electron chi connectivity index (χ3n) is 3.42. The van der Waals surface area contributed by atoms with Gasteiger partial charge in [-0.05, 0) is 37.1 Å². The molecule has 1 aromatic carbocycles. The summed E-state index contributed by atoms with van der Waals surface area (Å²) in [7, 11) is 1.69. The van der Waals surface area contributed by atoms with Gasteiger partial charge >= 0.3 is 0 Å². The SMILES string of the molecule is COc1ccccc1CCNc1nc2cccc(C)n2n1. The molecule has 0 atom stereocenters. The van der Waals surface area contributed by atoms with Crippen LogP contribution in [0, 0.1) is 6.92 Å². The summed E-state index contributed by atoms with van der Waals surface area (Å²) in [5.74, 6) is 1.57. The molecule has 2 aromatic heterocycles.